The van der Waals surface area contributed by atoms with Crippen LogP contribution in [0.4, 0.5) is 11.8 Å². The van der Waals surface area contributed by atoms with E-state index in [-0.39, 0.29) is 17.5 Å². The Labute approximate surface area is 157 Å². The zero-order valence-corrected chi connectivity index (χ0v) is 16.7. The van der Waals surface area contributed by atoms with Crippen LogP contribution in [-0.4, -0.2) is 49.0 Å². The van der Waals surface area contributed by atoms with Crippen molar-refractivity contribution in [1.82, 2.24) is 9.97 Å². The van der Waals surface area contributed by atoms with Gasteiger partial charge in [-0.05, 0) is 52.4 Å². The van der Waals surface area contributed by atoms with Crippen molar-refractivity contribution in [1.29, 1.82) is 0 Å². The van der Waals surface area contributed by atoms with Gasteiger partial charge in [0, 0.05) is 30.9 Å². The van der Waals surface area contributed by atoms with Crippen molar-refractivity contribution >= 4 is 21.6 Å². The Morgan fingerprint density at radius 2 is 2.15 bits per heavy atom. The van der Waals surface area contributed by atoms with Gasteiger partial charge < -0.3 is 10.2 Å². The van der Waals surface area contributed by atoms with E-state index in [1.165, 1.54) is 31.3 Å². The Morgan fingerprint density at radius 1 is 1.31 bits per heavy atom. The van der Waals surface area contributed by atoms with Gasteiger partial charge in [-0.15, -0.1) is 0 Å². The number of aryl methyl sites for hydroxylation is 1. The number of allylic oxidation sites excluding steroid dienone is 1. The summed E-state index contributed by atoms with van der Waals surface area (Å²) in [6.07, 6.45) is 9.10. The third-order valence-electron chi connectivity index (χ3n) is 5.24. The second-order valence-electron chi connectivity index (χ2n) is 7.32. The lowest BCUT2D eigenvalue weighted by Gasteiger charge is -2.28. The van der Waals surface area contributed by atoms with E-state index in [0.29, 0.717) is 12.4 Å². The van der Waals surface area contributed by atoms with Gasteiger partial charge in [-0.25, -0.2) is 13.4 Å². The van der Waals surface area contributed by atoms with Crippen LogP contribution in [0.5, 0.6) is 0 Å². The molecule has 1 aromatic rings. The largest absolute Gasteiger partial charge is 0.354 e. The number of rotatable bonds is 7. The van der Waals surface area contributed by atoms with E-state index >= 15 is 0 Å². The lowest BCUT2D eigenvalue weighted by atomic mass is 9.97. The Balaban J connectivity index is 1.67. The molecule has 0 aromatic carbocycles. The standard InChI is InChI=1S/C19H30N4O2S/c1-3-23(17-10-12-26(24,25)14-17)18-13-15(2)21-19(22-18)20-11-9-16-7-5-4-6-8-16/h7,13,17H,3-6,8-12,14H2,1-2H3,(H,20,21,22). The fraction of sp³-hybridized carbons (Fsp3) is 0.684. The molecule has 1 aromatic heterocycles. The minimum absolute atomic E-state index is 0.0135. The predicted octanol–water partition coefficient (Wildman–Crippen LogP) is 3.10. The number of aromatic nitrogens is 2. The summed E-state index contributed by atoms with van der Waals surface area (Å²) in [4.78, 5) is 11.3. The summed E-state index contributed by atoms with van der Waals surface area (Å²) in [6.45, 7) is 5.58. The van der Waals surface area contributed by atoms with Gasteiger partial charge in [0.15, 0.2) is 9.84 Å². The van der Waals surface area contributed by atoms with Crippen LogP contribution in [-0.2, 0) is 9.84 Å². The average molecular weight is 379 g/mol. The summed E-state index contributed by atoms with van der Waals surface area (Å²) in [5, 5.41) is 3.35. The van der Waals surface area contributed by atoms with Gasteiger partial charge >= 0.3 is 0 Å². The molecule has 3 rings (SSSR count). The van der Waals surface area contributed by atoms with Crippen molar-refractivity contribution in [3.05, 3.63) is 23.4 Å². The molecule has 144 valence electrons. The van der Waals surface area contributed by atoms with E-state index in [9.17, 15) is 8.42 Å². The van der Waals surface area contributed by atoms with E-state index in [1.807, 2.05) is 19.9 Å². The lowest BCUT2D eigenvalue weighted by Crippen LogP contribution is -2.37. The average Bonchev–Trinajstić information content (AvgIpc) is 2.96. The van der Waals surface area contributed by atoms with Crippen LogP contribution in [0.3, 0.4) is 0 Å². The Bertz CT molecular complexity index is 761. The minimum Gasteiger partial charge on any atom is -0.354 e. The highest BCUT2D eigenvalue weighted by Gasteiger charge is 2.32. The van der Waals surface area contributed by atoms with Gasteiger partial charge in [0.1, 0.15) is 5.82 Å². The van der Waals surface area contributed by atoms with Crippen LogP contribution in [0.25, 0.3) is 0 Å². The molecule has 26 heavy (non-hydrogen) atoms. The molecule has 6 nitrogen and oxygen atoms in total. The highest BCUT2D eigenvalue weighted by atomic mass is 32.2. The predicted molar refractivity (Wildman–Crippen MR) is 107 cm³/mol. The number of anilines is 2. The minimum atomic E-state index is -2.91. The molecule has 0 spiro atoms. The maximum Gasteiger partial charge on any atom is 0.224 e. The van der Waals surface area contributed by atoms with E-state index < -0.39 is 9.84 Å². The van der Waals surface area contributed by atoms with Gasteiger partial charge in [-0.2, -0.15) is 4.98 Å². The normalized spacial score (nSPS) is 22.1. The van der Waals surface area contributed by atoms with E-state index in [0.717, 1.165) is 31.0 Å². The van der Waals surface area contributed by atoms with Crippen LogP contribution in [0.15, 0.2) is 17.7 Å². The number of nitrogens with one attached hydrogen (secondary N) is 1. The fourth-order valence-corrected chi connectivity index (χ4v) is 5.60. The summed E-state index contributed by atoms with van der Waals surface area (Å²) >= 11 is 0. The van der Waals surface area contributed by atoms with Crippen molar-refractivity contribution < 1.29 is 8.42 Å². The van der Waals surface area contributed by atoms with Crippen molar-refractivity contribution in [2.24, 2.45) is 0 Å². The first kappa shape index (κ1) is 19.1. The summed E-state index contributed by atoms with van der Waals surface area (Å²) in [7, 11) is -2.91. The molecule has 1 aliphatic heterocycles. The molecule has 0 saturated carbocycles. The highest BCUT2D eigenvalue weighted by Crippen LogP contribution is 2.24. The molecule has 0 radical (unpaired) electrons. The Kier molecular flexibility index (Phi) is 6.16. The summed E-state index contributed by atoms with van der Waals surface area (Å²) < 4.78 is 23.7. The zero-order chi connectivity index (χ0) is 18.6. The molecule has 7 heteroatoms. The third-order valence-corrected chi connectivity index (χ3v) is 6.99. The number of nitrogens with zero attached hydrogens (tertiary/aromatic N) is 3. The smallest absolute Gasteiger partial charge is 0.224 e. The molecule has 2 aliphatic rings. The van der Waals surface area contributed by atoms with Crippen molar-refractivity contribution in [3.63, 3.8) is 0 Å². The molecule has 1 N–H and O–H groups in total. The zero-order valence-electron chi connectivity index (χ0n) is 15.9. The molecule has 1 saturated heterocycles. The second-order valence-corrected chi connectivity index (χ2v) is 9.55. The van der Waals surface area contributed by atoms with Crippen LogP contribution < -0.4 is 10.2 Å². The molecule has 2 heterocycles. The summed E-state index contributed by atoms with van der Waals surface area (Å²) in [5.74, 6) is 1.96. The van der Waals surface area contributed by atoms with E-state index in [2.05, 4.69) is 26.3 Å². The number of hydrogen-bond donors (Lipinski definition) is 1. The lowest BCUT2D eigenvalue weighted by molar-refractivity contribution is 0.599. The molecule has 0 bridgehead atoms. The number of sulfone groups is 1. The quantitative estimate of drug-likeness (QED) is 0.735. The molecular formula is C19H30N4O2S. The topological polar surface area (TPSA) is 75.2 Å². The molecule has 0 amide bonds. The number of hydrogen-bond acceptors (Lipinski definition) is 6. The third kappa shape index (κ3) is 4.96. The Hall–Kier alpha value is -1.63. The van der Waals surface area contributed by atoms with Crippen molar-refractivity contribution in [2.45, 2.75) is 58.4 Å². The first-order chi connectivity index (χ1) is 12.5. The summed E-state index contributed by atoms with van der Waals surface area (Å²) in [6, 6.07) is 1.96. The SMILES string of the molecule is CCN(c1cc(C)nc(NCCC2=CCCCC2)n1)C1CCS(=O)(=O)C1. The van der Waals surface area contributed by atoms with E-state index in [4.69, 9.17) is 0 Å². The molecular weight excluding hydrogens is 348 g/mol. The van der Waals surface area contributed by atoms with Crippen LogP contribution in [0.2, 0.25) is 0 Å². The maximum absolute atomic E-state index is 11.8. The monoisotopic (exact) mass is 378 g/mol. The van der Waals surface area contributed by atoms with Crippen LogP contribution >= 0.6 is 0 Å². The maximum atomic E-state index is 11.8. The second kappa shape index (κ2) is 8.37. The molecule has 1 fully saturated rings. The first-order valence-electron chi connectivity index (χ1n) is 9.71. The van der Waals surface area contributed by atoms with Gasteiger partial charge in [0.05, 0.1) is 11.5 Å². The highest BCUT2D eigenvalue weighted by molar-refractivity contribution is 7.91. The van der Waals surface area contributed by atoms with Gasteiger partial charge in [-0.3, -0.25) is 0 Å². The van der Waals surface area contributed by atoms with Crippen molar-refractivity contribution in [2.75, 3.05) is 34.8 Å². The molecule has 1 unspecified atom stereocenters. The van der Waals surface area contributed by atoms with E-state index in [1.54, 1.807) is 0 Å². The fourth-order valence-electron chi connectivity index (χ4n) is 3.87. The van der Waals surface area contributed by atoms with Crippen LogP contribution in [0, 0.1) is 6.92 Å². The first-order valence-corrected chi connectivity index (χ1v) is 11.5. The van der Waals surface area contributed by atoms with Gasteiger partial charge in [0.25, 0.3) is 0 Å². The molecule has 1 atom stereocenters. The molecule has 1 aliphatic carbocycles. The summed E-state index contributed by atoms with van der Waals surface area (Å²) in [5.41, 5.74) is 2.43. The van der Waals surface area contributed by atoms with Gasteiger partial charge in [0.2, 0.25) is 5.95 Å². The Morgan fingerprint density at radius 3 is 2.81 bits per heavy atom. The van der Waals surface area contributed by atoms with Crippen molar-refractivity contribution in [3.8, 4) is 0 Å². The van der Waals surface area contributed by atoms with Crippen LogP contribution in [0.1, 0.15) is 51.1 Å². The van der Waals surface area contributed by atoms with Gasteiger partial charge in [-0.1, -0.05) is 11.6 Å².